The maximum Gasteiger partial charge on any atom is 0.162 e. The molecule has 1 N–H and O–H groups in total. The Bertz CT molecular complexity index is 638. The highest BCUT2D eigenvalue weighted by Gasteiger charge is 2.23. The van der Waals surface area contributed by atoms with Crippen molar-refractivity contribution < 1.29 is 13.9 Å². The number of nitrogens with one attached hydrogen (secondary N) is 1. The van der Waals surface area contributed by atoms with Gasteiger partial charge in [0.1, 0.15) is 19.0 Å². The highest BCUT2D eigenvalue weighted by molar-refractivity contribution is 9.10. The van der Waals surface area contributed by atoms with E-state index in [0.717, 1.165) is 39.4 Å². The van der Waals surface area contributed by atoms with E-state index in [1.54, 1.807) is 6.26 Å². The third kappa shape index (κ3) is 2.80. The van der Waals surface area contributed by atoms with E-state index in [1.165, 1.54) is 0 Å². The number of halogens is 1. The molecule has 1 aliphatic heterocycles. The van der Waals surface area contributed by atoms with E-state index in [4.69, 9.17) is 13.9 Å². The van der Waals surface area contributed by atoms with Crippen LogP contribution in [0.3, 0.4) is 0 Å². The van der Waals surface area contributed by atoms with Crippen LogP contribution >= 0.6 is 15.9 Å². The lowest BCUT2D eigenvalue weighted by atomic mass is 9.98. The van der Waals surface area contributed by atoms with Crippen LogP contribution in [-0.2, 0) is 0 Å². The van der Waals surface area contributed by atoms with Gasteiger partial charge in [-0.1, -0.05) is 22.9 Å². The first kappa shape index (κ1) is 14.5. The Hall–Kier alpha value is -1.46. The first-order valence-electron chi connectivity index (χ1n) is 7.07. The van der Waals surface area contributed by atoms with Crippen LogP contribution in [0.1, 0.15) is 29.9 Å². The molecule has 5 heteroatoms. The monoisotopic (exact) mass is 351 g/mol. The molecule has 4 nitrogen and oxygen atoms in total. The van der Waals surface area contributed by atoms with Gasteiger partial charge in [0.05, 0.1) is 12.3 Å². The molecule has 1 atom stereocenters. The fraction of sp³-hybridized carbons (Fsp3) is 0.375. The Morgan fingerprint density at radius 3 is 2.52 bits per heavy atom. The number of hydrogen-bond donors (Lipinski definition) is 1. The highest BCUT2D eigenvalue weighted by Crippen LogP contribution is 2.40. The molecule has 0 saturated heterocycles. The van der Waals surface area contributed by atoms with Gasteiger partial charge in [0.2, 0.25) is 0 Å². The van der Waals surface area contributed by atoms with Gasteiger partial charge in [0.25, 0.3) is 0 Å². The van der Waals surface area contributed by atoms with Gasteiger partial charge in [0.15, 0.2) is 11.5 Å². The molecule has 1 aromatic heterocycles. The average molecular weight is 352 g/mol. The summed E-state index contributed by atoms with van der Waals surface area (Å²) in [6.45, 7) is 6.11. The minimum absolute atomic E-state index is 0.0546. The summed E-state index contributed by atoms with van der Waals surface area (Å²) in [5, 5.41) is 3.50. The lowest BCUT2D eigenvalue weighted by Crippen LogP contribution is -2.23. The second-order valence-electron chi connectivity index (χ2n) is 4.94. The zero-order valence-corrected chi connectivity index (χ0v) is 13.7. The molecule has 0 bridgehead atoms. The maximum atomic E-state index is 5.70. The molecular formula is C16H18BrNO3. The van der Waals surface area contributed by atoms with Crippen molar-refractivity contribution in [2.75, 3.05) is 19.8 Å². The van der Waals surface area contributed by atoms with Crippen molar-refractivity contribution in [3.05, 3.63) is 45.8 Å². The van der Waals surface area contributed by atoms with E-state index in [0.29, 0.717) is 13.2 Å². The van der Waals surface area contributed by atoms with Gasteiger partial charge in [-0.25, -0.2) is 0 Å². The summed E-state index contributed by atoms with van der Waals surface area (Å²) in [5.74, 6) is 2.50. The van der Waals surface area contributed by atoms with Crippen LogP contribution in [0.25, 0.3) is 0 Å². The number of hydrogen-bond acceptors (Lipinski definition) is 4. The molecule has 3 rings (SSSR count). The zero-order chi connectivity index (χ0) is 14.8. The minimum Gasteiger partial charge on any atom is -0.486 e. The summed E-state index contributed by atoms with van der Waals surface area (Å²) in [5.41, 5.74) is 2.25. The zero-order valence-electron chi connectivity index (χ0n) is 12.1. The quantitative estimate of drug-likeness (QED) is 0.909. The van der Waals surface area contributed by atoms with Gasteiger partial charge < -0.3 is 19.2 Å². The molecule has 2 heterocycles. The van der Waals surface area contributed by atoms with E-state index < -0.39 is 0 Å². The predicted octanol–water partition coefficient (Wildman–Crippen LogP) is 3.82. The van der Waals surface area contributed by atoms with Crippen LogP contribution in [0, 0.1) is 6.92 Å². The van der Waals surface area contributed by atoms with Crippen molar-refractivity contribution in [1.29, 1.82) is 0 Å². The van der Waals surface area contributed by atoms with Crippen LogP contribution in [0.15, 0.2) is 33.4 Å². The number of rotatable bonds is 4. The molecule has 21 heavy (non-hydrogen) atoms. The lowest BCUT2D eigenvalue weighted by Gasteiger charge is -2.24. The molecule has 1 aromatic carbocycles. The van der Waals surface area contributed by atoms with Crippen LogP contribution in [-0.4, -0.2) is 19.8 Å². The van der Waals surface area contributed by atoms with E-state index in [-0.39, 0.29) is 6.04 Å². The standard InChI is InChI=1S/C16H18BrNO3/c1-3-18-16(11-4-5-19-10(11)2)12-8-14-15(9-13(12)17)21-7-6-20-14/h4-5,8-9,16,18H,3,6-7H2,1-2H3. The Morgan fingerprint density at radius 1 is 1.19 bits per heavy atom. The third-order valence-electron chi connectivity index (χ3n) is 3.59. The Labute approximate surface area is 132 Å². The lowest BCUT2D eigenvalue weighted by molar-refractivity contribution is 0.171. The molecule has 0 radical (unpaired) electrons. The largest absolute Gasteiger partial charge is 0.486 e. The molecule has 112 valence electrons. The van der Waals surface area contributed by atoms with Gasteiger partial charge in [-0.2, -0.15) is 0 Å². The molecular weight excluding hydrogens is 334 g/mol. The predicted molar refractivity (Wildman–Crippen MR) is 84.1 cm³/mol. The van der Waals surface area contributed by atoms with Crippen molar-refractivity contribution in [2.45, 2.75) is 19.9 Å². The van der Waals surface area contributed by atoms with E-state index in [1.807, 2.05) is 25.1 Å². The van der Waals surface area contributed by atoms with Crippen LogP contribution < -0.4 is 14.8 Å². The fourth-order valence-corrected chi connectivity index (χ4v) is 3.14. The van der Waals surface area contributed by atoms with E-state index in [9.17, 15) is 0 Å². The van der Waals surface area contributed by atoms with Crippen molar-refractivity contribution in [3.63, 3.8) is 0 Å². The summed E-state index contributed by atoms with van der Waals surface area (Å²) in [6, 6.07) is 6.08. The van der Waals surface area contributed by atoms with Crippen molar-refractivity contribution in [2.24, 2.45) is 0 Å². The molecule has 0 saturated carbocycles. The number of fused-ring (bicyclic) bond motifs is 1. The van der Waals surface area contributed by atoms with Gasteiger partial charge in [-0.3, -0.25) is 0 Å². The molecule has 1 unspecified atom stereocenters. The third-order valence-corrected chi connectivity index (χ3v) is 4.28. The van der Waals surface area contributed by atoms with E-state index in [2.05, 4.69) is 28.2 Å². The van der Waals surface area contributed by atoms with E-state index >= 15 is 0 Å². The molecule has 0 amide bonds. The molecule has 0 aliphatic carbocycles. The summed E-state index contributed by atoms with van der Waals surface area (Å²) in [6.07, 6.45) is 1.72. The normalized spacial score (nSPS) is 15.0. The summed E-state index contributed by atoms with van der Waals surface area (Å²) in [4.78, 5) is 0. The number of benzene rings is 1. The SMILES string of the molecule is CCNC(c1cc2c(cc1Br)OCCO2)c1ccoc1C. The smallest absolute Gasteiger partial charge is 0.162 e. The molecule has 0 fully saturated rings. The first-order valence-corrected chi connectivity index (χ1v) is 7.86. The van der Waals surface area contributed by atoms with Gasteiger partial charge in [-0.05, 0) is 37.2 Å². The molecule has 1 aliphatic rings. The second kappa shape index (κ2) is 6.12. The maximum absolute atomic E-state index is 5.70. The highest BCUT2D eigenvalue weighted by atomic mass is 79.9. The van der Waals surface area contributed by atoms with Crippen molar-refractivity contribution in [3.8, 4) is 11.5 Å². The molecule has 0 spiro atoms. The number of furan rings is 1. The van der Waals surface area contributed by atoms with Crippen molar-refractivity contribution in [1.82, 2.24) is 5.32 Å². The van der Waals surface area contributed by atoms with Crippen LogP contribution in [0.2, 0.25) is 0 Å². The van der Waals surface area contributed by atoms with Gasteiger partial charge in [0, 0.05) is 10.0 Å². The summed E-state index contributed by atoms with van der Waals surface area (Å²) < 4.78 is 17.8. The minimum atomic E-state index is 0.0546. The Kier molecular flexibility index (Phi) is 4.22. The second-order valence-corrected chi connectivity index (χ2v) is 5.79. The summed E-state index contributed by atoms with van der Waals surface area (Å²) >= 11 is 3.65. The van der Waals surface area contributed by atoms with Crippen molar-refractivity contribution >= 4 is 15.9 Å². The first-order chi connectivity index (χ1) is 10.2. The Morgan fingerprint density at radius 2 is 1.90 bits per heavy atom. The average Bonchev–Trinajstić information content (AvgIpc) is 2.90. The number of ether oxygens (including phenoxy) is 2. The van der Waals surface area contributed by atoms with Gasteiger partial charge in [-0.15, -0.1) is 0 Å². The number of aryl methyl sites for hydroxylation is 1. The fourth-order valence-electron chi connectivity index (χ4n) is 2.59. The topological polar surface area (TPSA) is 43.6 Å². The summed E-state index contributed by atoms with van der Waals surface area (Å²) in [7, 11) is 0. The van der Waals surface area contributed by atoms with Gasteiger partial charge >= 0.3 is 0 Å². The van der Waals surface area contributed by atoms with Crippen LogP contribution in [0.5, 0.6) is 11.5 Å². The molecule has 2 aromatic rings. The van der Waals surface area contributed by atoms with Crippen LogP contribution in [0.4, 0.5) is 0 Å². The Balaban J connectivity index is 2.05.